The fourth-order valence-electron chi connectivity index (χ4n) is 2.64. The van der Waals surface area contributed by atoms with E-state index in [9.17, 15) is 9.90 Å². The molecule has 0 spiro atoms. The number of aryl methyl sites for hydroxylation is 1. The minimum Gasteiger partial charge on any atom is -0.480 e. The van der Waals surface area contributed by atoms with Crippen molar-refractivity contribution in [2.45, 2.75) is 25.8 Å². The predicted molar refractivity (Wildman–Crippen MR) is 103 cm³/mol. The number of hydrogen-bond donors (Lipinski definition) is 1. The van der Waals surface area contributed by atoms with Crippen molar-refractivity contribution in [3.05, 3.63) is 78.5 Å². The second-order valence-corrected chi connectivity index (χ2v) is 6.00. The van der Waals surface area contributed by atoms with Crippen LogP contribution in [0.2, 0.25) is 0 Å². The van der Waals surface area contributed by atoms with Gasteiger partial charge in [-0.1, -0.05) is 36.1 Å². The Morgan fingerprint density at radius 3 is 2.70 bits per heavy atom. The van der Waals surface area contributed by atoms with Gasteiger partial charge in [-0.15, -0.1) is 0 Å². The summed E-state index contributed by atoms with van der Waals surface area (Å²) >= 11 is 0. The largest absolute Gasteiger partial charge is 0.480 e. The lowest BCUT2D eigenvalue weighted by molar-refractivity contribution is -0.140. The topological polar surface area (TPSA) is 68.3 Å². The van der Waals surface area contributed by atoms with Gasteiger partial charge in [-0.25, -0.2) is 9.78 Å². The molecule has 0 bridgehead atoms. The minimum atomic E-state index is -0.892. The lowest BCUT2D eigenvalue weighted by Crippen LogP contribution is -2.16. The smallest absolute Gasteiger partial charge is 0.327 e. The monoisotopic (exact) mass is 360 g/mol. The number of oxazole rings is 1. The maximum atomic E-state index is 11.3. The predicted octanol–water partition coefficient (Wildman–Crippen LogP) is 4.27. The van der Waals surface area contributed by atoms with Crippen molar-refractivity contribution in [2.24, 2.45) is 0 Å². The molecule has 0 aliphatic rings. The quantitative estimate of drug-likeness (QED) is 0.667. The highest BCUT2D eigenvalue weighted by Gasteiger charge is 2.16. The molecule has 3 rings (SSSR count). The third kappa shape index (κ3) is 4.77. The number of aliphatic carboxylic acids is 1. The molecule has 5 nitrogen and oxygen atoms in total. The highest BCUT2D eigenvalue weighted by atomic mass is 16.4. The van der Waals surface area contributed by atoms with E-state index in [2.05, 4.69) is 16.8 Å². The molecule has 0 amide bonds. The summed E-state index contributed by atoms with van der Waals surface area (Å²) in [6, 6.07) is 12.7. The van der Waals surface area contributed by atoms with E-state index in [1.54, 1.807) is 35.2 Å². The Morgan fingerprint density at radius 1 is 1.26 bits per heavy atom. The summed E-state index contributed by atoms with van der Waals surface area (Å²) in [5.74, 6) is 6.30. The molecule has 0 aliphatic heterocycles. The van der Waals surface area contributed by atoms with Gasteiger partial charge in [-0.3, -0.25) is 0 Å². The summed E-state index contributed by atoms with van der Waals surface area (Å²) in [6.45, 7) is 1.89. The number of hydrogen-bond acceptors (Lipinski definition) is 3. The first-order valence-electron chi connectivity index (χ1n) is 8.65. The summed E-state index contributed by atoms with van der Waals surface area (Å²) in [5.41, 5.74) is 1.81. The minimum absolute atomic E-state index is 0.246. The second kappa shape index (κ2) is 8.72. The van der Waals surface area contributed by atoms with Gasteiger partial charge in [0.15, 0.2) is 0 Å². The molecule has 136 valence electrons. The van der Waals surface area contributed by atoms with Crippen molar-refractivity contribution in [1.82, 2.24) is 9.55 Å². The van der Waals surface area contributed by atoms with Crippen molar-refractivity contribution < 1.29 is 14.3 Å². The fourth-order valence-corrected chi connectivity index (χ4v) is 2.64. The van der Waals surface area contributed by atoms with Gasteiger partial charge in [0, 0.05) is 30.8 Å². The highest BCUT2D eigenvalue weighted by Crippen LogP contribution is 2.21. The molecular weight excluding hydrogens is 340 g/mol. The van der Waals surface area contributed by atoms with Crippen LogP contribution in [0.5, 0.6) is 0 Å². The van der Waals surface area contributed by atoms with E-state index in [1.165, 1.54) is 0 Å². The molecule has 1 aromatic carbocycles. The van der Waals surface area contributed by atoms with Crippen LogP contribution in [0.15, 0.2) is 71.4 Å². The lowest BCUT2D eigenvalue weighted by atomic mass is 10.2. The molecule has 0 saturated carbocycles. The number of aromatic nitrogens is 2. The zero-order chi connectivity index (χ0) is 19.1. The molecule has 27 heavy (non-hydrogen) atoms. The van der Waals surface area contributed by atoms with Crippen LogP contribution in [0.25, 0.3) is 11.5 Å². The number of carboxylic acids is 1. The summed E-state index contributed by atoms with van der Waals surface area (Å²) < 4.78 is 7.37. The van der Waals surface area contributed by atoms with Gasteiger partial charge in [-0.05, 0) is 37.3 Å². The molecule has 1 N–H and O–H groups in total. The van der Waals surface area contributed by atoms with Gasteiger partial charge in [0.1, 0.15) is 11.8 Å². The van der Waals surface area contributed by atoms with E-state index in [0.29, 0.717) is 12.3 Å². The second-order valence-electron chi connectivity index (χ2n) is 6.00. The molecule has 5 heteroatoms. The zero-order valence-electron chi connectivity index (χ0n) is 15.0. The van der Waals surface area contributed by atoms with Gasteiger partial charge >= 0.3 is 5.97 Å². The van der Waals surface area contributed by atoms with Crippen molar-refractivity contribution in [1.29, 1.82) is 0 Å². The van der Waals surface area contributed by atoms with Crippen LogP contribution in [0, 0.1) is 18.8 Å². The summed E-state index contributed by atoms with van der Waals surface area (Å²) in [4.78, 5) is 15.9. The molecule has 1 atom stereocenters. The summed E-state index contributed by atoms with van der Waals surface area (Å²) in [6.07, 6.45) is 7.94. The van der Waals surface area contributed by atoms with E-state index < -0.39 is 12.0 Å². The van der Waals surface area contributed by atoms with Crippen molar-refractivity contribution >= 4 is 5.97 Å². The molecule has 3 aromatic rings. The van der Waals surface area contributed by atoms with Crippen LogP contribution in [-0.4, -0.2) is 20.6 Å². The Balaban J connectivity index is 1.58. The van der Waals surface area contributed by atoms with Crippen LogP contribution in [0.1, 0.15) is 23.9 Å². The van der Waals surface area contributed by atoms with Crippen LogP contribution in [-0.2, 0) is 11.2 Å². The van der Waals surface area contributed by atoms with E-state index in [4.69, 9.17) is 4.42 Å². The average Bonchev–Trinajstić information content (AvgIpc) is 3.32. The normalized spacial score (nSPS) is 11.9. The molecule has 0 radical (unpaired) electrons. The third-order valence-electron chi connectivity index (χ3n) is 4.10. The number of rotatable bonds is 6. The Labute approximate surface area is 158 Å². The van der Waals surface area contributed by atoms with E-state index in [1.807, 2.05) is 43.3 Å². The highest BCUT2D eigenvalue weighted by molar-refractivity contribution is 5.72. The van der Waals surface area contributed by atoms with Crippen LogP contribution >= 0.6 is 0 Å². The first-order valence-corrected chi connectivity index (χ1v) is 8.65. The average molecular weight is 360 g/mol. The summed E-state index contributed by atoms with van der Waals surface area (Å²) in [7, 11) is 0. The Kier molecular flexibility index (Phi) is 5.91. The number of benzene rings is 1. The van der Waals surface area contributed by atoms with Crippen LogP contribution in [0.4, 0.5) is 0 Å². The van der Waals surface area contributed by atoms with Crippen molar-refractivity contribution in [3.63, 3.8) is 0 Å². The molecule has 2 aromatic heterocycles. The maximum absolute atomic E-state index is 11.3. The van der Waals surface area contributed by atoms with E-state index >= 15 is 0 Å². The Bertz CT molecular complexity index is 974. The van der Waals surface area contributed by atoms with E-state index in [-0.39, 0.29) is 6.42 Å². The molecule has 0 saturated heterocycles. The summed E-state index contributed by atoms with van der Waals surface area (Å²) in [5, 5.41) is 9.30. The molecule has 0 fully saturated rings. The first-order chi connectivity index (χ1) is 13.1. The Morgan fingerprint density at radius 2 is 2.00 bits per heavy atom. The maximum Gasteiger partial charge on any atom is 0.327 e. The van der Waals surface area contributed by atoms with Crippen LogP contribution < -0.4 is 0 Å². The standard InChI is InChI=1S/C22H20N2O3/c1-17-19(23-21(27-17)18-11-5-4-6-12-18)13-7-2-3-8-14-20(22(25)26)24-15-9-10-16-24/h2,4-7,9-12,15-16,20H,13-14H2,1H3,(H,25,26)/t20-/m0/s1. The Hall–Kier alpha value is -3.52. The molecule has 2 heterocycles. The molecular formula is C22H20N2O3. The van der Waals surface area contributed by atoms with Gasteiger partial charge in [-0.2, -0.15) is 0 Å². The van der Waals surface area contributed by atoms with Crippen LogP contribution in [0.3, 0.4) is 0 Å². The lowest BCUT2D eigenvalue weighted by Gasteiger charge is -2.10. The fraction of sp³-hybridized carbons (Fsp3) is 0.182. The van der Waals surface area contributed by atoms with Crippen molar-refractivity contribution in [3.8, 4) is 23.3 Å². The number of allylic oxidation sites excluding steroid dienone is 2. The van der Waals surface area contributed by atoms with Gasteiger partial charge in [0.05, 0.1) is 5.69 Å². The number of carbonyl (C=O) groups is 1. The number of nitrogens with zero attached hydrogens (tertiary/aromatic N) is 2. The van der Waals surface area contributed by atoms with Gasteiger partial charge in [0.25, 0.3) is 0 Å². The first kappa shape index (κ1) is 18.3. The third-order valence-corrected chi connectivity index (χ3v) is 4.10. The van der Waals surface area contributed by atoms with Crippen molar-refractivity contribution in [2.75, 3.05) is 0 Å². The number of carboxylic acid groups (broad SMARTS) is 1. The SMILES string of the molecule is Cc1oc(-c2ccccc2)nc1CC=CC#CC[C@@H](C(=O)O)n1cccc1. The molecule has 0 unspecified atom stereocenters. The zero-order valence-corrected chi connectivity index (χ0v) is 15.0. The van der Waals surface area contributed by atoms with E-state index in [0.717, 1.165) is 17.0 Å². The van der Waals surface area contributed by atoms with Gasteiger partial charge < -0.3 is 14.1 Å². The molecule has 0 aliphatic carbocycles. The van der Waals surface area contributed by atoms with Gasteiger partial charge in [0.2, 0.25) is 5.89 Å².